The summed E-state index contributed by atoms with van der Waals surface area (Å²) in [5, 5.41) is 4.51. The van der Waals surface area contributed by atoms with Gasteiger partial charge >= 0.3 is 0 Å². The monoisotopic (exact) mass is 326 g/mol. The van der Waals surface area contributed by atoms with Gasteiger partial charge in [0.25, 0.3) is 0 Å². The zero-order valence-electron chi connectivity index (χ0n) is 11.1. The van der Waals surface area contributed by atoms with Crippen LogP contribution in [0.4, 0.5) is 5.69 Å². The Bertz CT molecular complexity index is 469. The number of halogens is 1. The Balaban J connectivity index is 2.13. The summed E-state index contributed by atoms with van der Waals surface area (Å²) >= 11 is 5.33. The van der Waals surface area contributed by atoms with Crippen LogP contribution >= 0.6 is 27.7 Å². The quantitative estimate of drug-likeness (QED) is 0.861. The molecule has 0 amide bonds. The number of nitrogens with one attached hydrogen (secondary N) is 1. The standard InChI is InChI=1S/C14H19BrN2S/c1-4-10-7-11(15)5-6-12(10)17-13-16-8-14(2,3)9-18-13/h5-7H,4,8-9H2,1-3H3,(H,16,17). The Labute approximate surface area is 122 Å². The summed E-state index contributed by atoms with van der Waals surface area (Å²) in [6.45, 7) is 7.60. The Morgan fingerprint density at radius 2 is 2.22 bits per heavy atom. The number of aliphatic imine (C=N–C) groups is 1. The summed E-state index contributed by atoms with van der Waals surface area (Å²) in [5.41, 5.74) is 2.81. The SMILES string of the molecule is CCc1cc(Br)ccc1NC1=NCC(C)(C)CS1. The topological polar surface area (TPSA) is 24.4 Å². The Morgan fingerprint density at radius 1 is 1.44 bits per heavy atom. The molecule has 0 radical (unpaired) electrons. The first-order valence-electron chi connectivity index (χ1n) is 6.23. The van der Waals surface area contributed by atoms with Gasteiger partial charge in [-0.1, -0.05) is 48.5 Å². The van der Waals surface area contributed by atoms with Crippen molar-refractivity contribution in [3.63, 3.8) is 0 Å². The lowest BCUT2D eigenvalue weighted by atomic mass is 9.97. The van der Waals surface area contributed by atoms with Gasteiger partial charge in [0.05, 0.1) is 0 Å². The molecule has 4 heteroatoms. The van der Waals surface area contributed by atoms with Gasteiger partial charge in [0.2, 0.25) is 0 Å². The molecule has 0 bridgehead atoms. The van der Waals surface area contributed by atoms with Crippen LogP contribution in [-0.4, -0.2) is 17.5 Å². The van der Waals surface area contributed by atoms with E-state index in [-0.39, 0.29) is 0 Å². The number of benzene rings is 1. The minimum absolute atomic E-state index is 0.323. The van der Waals surface area contributed by atoms with E-state index in [0.29, 0.717) is 5.41 Å². The maximum atomic E-state index is 4.63. The highest BCUT2D eigenvalue weighted by atomic mass is 79.9. The molecule has 0 atom stereocenters. The highest BCUT2D eigenvalue weighted by Crippen LogP contribution is 2.29. The van der Waals surface area contributed by atoms with Crippen LogP contribution in [0.2, 0.25) is 0 Å². The second-order valence-electron chi connectivity index (χ2n) is 5.35. The van der Waals surface area contributed by atoms with Crippen LogP contribution in [0.25, 0.3) is 0 Å². The van der Waals surface area contributed by atoms with Crippen LogP contribution in [0.15, 0.2) is 27.7 Å². The van der Waals surface area contributed by atoms with E-state index in [1.165, 1.54) is 11.3 Å². The van der Waals surface area contributed by atoms with Crippen molar-refractivity contribution >= 4 is 38.5 Å². The van der Waals surface area contributed by atoms with Gasteiger partial charge in [-0.2, -0.15) is 0 Å². The third-order valence-corrected chi connectivity index (χ3v) is 4.86. The molecule has 2 rings (SSSR count). The fourth-order valence-electron chi connectivity index (χ4n) is 1.81. The van der Waals surface area contributed by atoms with Crippen molar-refractivity contribution in [3.05, 3.63) is 28.2 Å². The van der Waals surface area contributed by atoms with Gasteiger partial charge in [0.1, 0.15) is 0 Å². The van der Waals surface area contributed by atoms with E-state index < -0.39 is 0 Å². The third-order valence-electron chi connectivity index (χ3n) is 2.94. The maximum Gasteiger partial charge on any atom is 0.161 e. The Kier molecular flexibility index (Phi) is 4.38. The predicted octanol–water partition coefficient (Wildman–Crippen LogP) is 4.55. The summed E-state index contributed by atoms with van der Waals surface area (Å²) < 4.78 is 1.13. The maximum absolute atomic E-state index is 4.63. The summed E-state index contributed by atoms with van der Waals surface area (Å²) in [6.07, 6.45) is 1.02. The van der Waals surface area contributed by atoms with E-state index in [4.69, 9.17) is 0 Å². The number of anilines is 1. The third kappa shape index (κ3) is 3.51. The molecule has 1 heterocycles. The van der Waals surface area contributed by atoms with Gasteiger partial charge in [-0.3, -0.25) is 4.99 Å². The molecule has 1 aromatic rings. The molecule has 2 nitrogen and oxygen atoms in total. The lowest BCUT2D eigenvalue weighted by Crippen LogP contribution is -2.27. The van der Waals surface area contributed by atoms with Gasteiger partial charge in [-0.25, -0.2) is 0 Å². The van der Waals surface area contributed by atoms with Gasteiger partial charge in [-0.05, 0) is 35.6 Å². The van der Waals surface area contributed by atoms with Crippen molar-refractivity contribution in [1.82, 2.24) is 0 Å². The average molecular weight is 327 g/mol. The van der Waals surface area contributed by atoms with E-state index in [9.17, 15) is 0 Å². The molecule has 1 aliphatic rings. The lowest BCUT2D eigenvalue weighted by Gasteiger charge is -2.27. The minimum Gasteiger partial charge on any atom is -0.335 e. The molecule has 0 saturated heterocycles. The Hall–Kier alpha value is -0.480. The number of rotatable bonds is 2. The predicted molar refractivity (Wildman–Crippen MR) is 85.7 cm³/mol. The average Bonchev–Trinajstić information content (AvgIpc) is 2.34. The molecule has 0 aliphatic carbocycles. The Morgan fingerprint density at radius 3 is 2.83 bits per heavy atom. The molecule has 98 valence electrons. The molecule has 1 N–H and O–H groups in total. The number of hydrogen-bond acceptors (Lipinski definition) is 3. The summed E-state index contributed by atoms with van der Waals surface area (Å²) in [6, 6.07) is 6.35. The molecule has 1 aliphatic heterocycles. The molecule has 1 aromatic carbocycles. The number of amidine groups is 1. The first kappa shape index (κ1) is 13.9. The zero-order chi connectivity index (χ0) is 13.2. The minimum atomic E-state index is 0.323. The largest absolute Gasteiger partial charge is 0.335 e. The van der Waals surface area contributed by atoms with Crippen molar-refractivity contribution < 1.29 is 0 Å². The van der Waals surface area contributed by atoms with Crippen molar-refractivity contribution in [2.75, 3.05) is 17.6 Å². The first-order valence-corrected chi connectivity index (χ1v) is 8.01. The fraction of sp³-hybridized carbons (Fsp3) is 0.500. The first-order chi connectivity index (χ1) is 8.50. The van der Waals surface area contributed by atoms with E-state index >= 15 is 0 Å². The van der Waals surface area contributed by atoms with Crippen LogP contribution in [0.1, 0.15) is 26.3 Å². The van der Waals surface area contributed by atoms with E-state index in [2.05, 4.69) is 65.2 Å². The van der Waals surface area contributed by atoms with Crippen molar-refractivity contribution in [2.24, 2.45) is 10.4 Å². The zero-order valence-corrected chi connectivity index (χ0v) is 13.5. The van der Waals surface area contributed by atoms with Crippen LogP contribution in [-0.2, 0) is 6.42 Å². The highest BCUT2D eigenvalue weighted by Gasteiger charge is 2.23. The molecular formula is C14H19BrN2S. The summed E-state index contributed by atoms with van der Waals surface area (Å²) in [5.74, 6) is 1.12. The molecule has 0 fully saturated rings. The van der Waals surface area contributed by atoms with Crippen molar-refractivity contribution in [3.8, 4) is 0 Å². The molecular weight excluding hydrogens is 308 g/mol. The van der Waals surface area contributed by atoms with E-state index in [1.807, 2.05) is 11.8 Å². The molecule has 18 heavy (non-hydrogen) atoms. The molecule has 0 saturated carbocycles. The van der Waals surface area contributed by atoms with Gasteiger partial charge in [-0.15, -0.1) is 0 Å². The summed E-state index contributed by atoms with van der Waals surface area (Å²) in [7, 11) is 0. The number of thioether (sulfide) groups is 1. The molecule has 0 aromatic heterocycles. The summed E-state index contributed by atoms with van der Waals surface area (Å²) in [4.78, 5) is 4.63. The van der Waals surface area contributed by atoms with Crippen LogP contribution in [0.3, 0.4) is 0 Å². The van der Waals surface area contributed by atoms with E-state index in [0.717, 1.165) is 28.4 Å². The molecule has 0 unspecified atom stereocenters. The number of hydrogen-bond donors (Lipinski definition) is 1. The van der Waals surface area contributed by atoms with Gasteiger partial charge < -0.3 is 5.32 Å². The van der Waals surface area contributed by atoms with Crippen LogP contribution in [0.5, 0.6) is 0 Å². The van der Waals surface area contributed by atoms with Crippen molar-refractivity contribution in [2.45, 2.75) is 27.2 Å². The van der Waals surface area contributed by atoms with Crippen LogP contribution in [0, 0.1) is 5.41 Å². The smallest absolute Gasteiger partial charge is 0.161 e. The van der Waals surface area contributed by atoms with Gasteiger partial charge in [0, 0.05) is 22.5 Å². The van der Waals surface area contributed by atoms with Gasteiger partial charge in [0.15, 0.2) is 5.17 Å². The number of nitrogens with zero attached hydrogens (tertiary/aromatic N) is 1. The second kappa shape index (κ2) is 5.66. The number of aryl methyl sites for hydroxylation is 1. The fourth-order valence-corrected chi connectivity index (χ4v) is 3.17. The molecule has 0 spiro atoms. The second-order valence-corrected chi connectivity index (χ2v) is 7.23. The highest BCUT2D eigenvalue weighted by molar-refractivity contribution is 9.10. The normalized spacial score (nSPS) is 18.3. The van der Waals surface area contributed by atoms with Crippen molar-refractivity contribution in [1.29, 1.82) is 0 Å². The van der Waals surface area contributed by atoms with E-state index in [1.54, 1.807) is 0 Å². The lowest BCUT2D eigenvalue weighted by molar-refractivity contribution is 0.438. The van der Waals surface area contributed by atoms with Crippen LogP contribution < -0.4 is 5.32 Å².